The molecule has 2 aliphatic rings. The van der Waals surface area contributed by atoms with Crippen LogP contribution >= 0.6 is 0 Å². The van der Waals surface area contributed by atoms with E-state index in [0.717, 1.165) is 61.6 Å². The first kappa shape index (κ1) is 21.5. The molecule has 1 fully saturated rings. The first-order chi connectivity index (χ1) is 16.1. The second-order valence-electron chi connectivity index (χ2n) is 9.01. The molecule has 3 aromatic carbocycles. The van der Waals surface area contributed by atoms with Gasteiger partial charge in [0.15, 0.2) is 0 Å². The highest BCUT2D eigenvalue weighted by atomic mass is 16.2. The number of nitrogens with zero attached hydrogens (tertiary/aromatic N) is 3. The highest BCUT2D eigenvalue weighted by Gasteiger charge is 2.51. The van der Waals surface area contributed by atoms with Crippen molar-refractivity contribution < 1.29 is 4.79 Å². The Kier molecular flexibility index (Phi) is 5.81. The van der Waals surface area contributed by atoms with Crippen molar-refractivity contribution in [1.82, 2.24) is 4.90 Å². The third-order valence-electron chi connectivity index (χ3n) is 7.26. The Balaban J connectivity index is 1.38. The zero-order valence-corrected chi connectivity index (χ0v) is 19.3. The monoisotopic (exact) mass is 440 g/mol. The molecule has 0 aromatic heterocycles. The van der Waals surface area contributed by atoms with Gasteiger partial charge in [0.05, 0.1) is 0 Å². The molecular formula is C28H32N4O. The Morgan fingerprint density at radius 1 is 0.879 bits per heavy atom. The minimum atomic E-state index is -0.626. The molecule has 1 amide bonds. The normalized spacial score (nSPS) is 20.8. The van der Waals surface area contributed by atoms with Gasteiger partial charge in [-0.1, -0.05) is 54.6 Å². The van der Waals surface area contributed by atoms with Crippen LogP contribution in [0.2, 0.25) is 0 Å². The Morgan fingerprint density at radius 3 is 2.33 bits per heavy atom. The van der Waals surface area contributed by atoms with Crippen molar-refractivity contribution in [3.05, 3.63) is 90.0 Å². The molecule has 5 rings (SSSR count). The van der Waals surface area contributed by atoms with Crippen LogP contribution in [0.1, 0.15) is 24.5 Å². The topological polar surface area (TPSA) is 52.8 Å². The summed E-state index contributed by atoms with van der Waals surface area (Å²) in [6.45, 7) is 7.52. The van der Waals surface area contributed by atoms with E-state index in [0.29, 0.717) is 6.54 Å². The third kappa shape index (κ3) is 3.76. The number of hydrogen-bond acceptors (Lipinski definition) is 4. The number of likely N-dealkylation sites (N-methyl/N-ethyl adjacent to an activating group) is 1. The molecule has 2 heterocycles. The second-order valence-corrected chi connectivity index (χ2v) is 9.01. The number of carbonyl (C=O) groups is 1. The highest BCUT2D eigenvalue weighted by Crippen LogP contribution is 2.48. The number of carbonyl (C=O) groups excluding carboxylic acids is 1. The van der Waals surface area contributed by atoms with Crippen LogP contribution in [0, 0.1) is 0 Å². The fourth-order valence-corrected chi connectivity index (χ4v) is 5.50. The average Bonchev–Trinajstić information content (AvgIpc) is 3.11. The SMILES string of the molecule is CCN1C(=O)C(CCN2CCN(c3cccc(N)c3)CC2)(c2ccccc2)c2ccccc21. The Morgan fingerprint density at radius 2 is 1.61 bits per heavy atom. The van der Waals surface area contributed by atoms with Crippen molar-refractivity contribution in [2.24, 2.45) is 0 Å². The van der Waals surface area contributed by atoms with E-state index in [-0.39, 0.29) is 5.91 Å². The van der Waals surface area contributed by atoms with E-state index in [4.69, 9.17) is 5.73 Å². The minimum absolute atomic E-state index is 0.204. The van der Waals surface area contributed by atoms with Crippen LogP contribution in [0.5, 0.6) is 0 Å². The molecule has 0 spiro atoms. The first-order valence-electron chi connectivity index (χ1n) is 11.9. The summed E-state index contributed by atoms with van der Waals surface area (Å²) in [6, 6.07) is 26.8. The second kappa shape index (κ2) is 8.91. The van der Waals surface area contributed by atoms with Crippen LogP contribution in [0.25, 0.3) is 0 Å². The van der Waals surface area contributed by atoms with Crippen molar-refractivity contribution in [2.45, 2.75) is 18.8 Å². The van der Waals surface area contributed by atoms with Gasteiger partial charge in [0.1, 0.15) is 5.41 Å². The number of anilines is 3. The standard InChI is InChI=1S/C28H32N4O/c1-2-32-26-14-7-6-13-25(26)28(27(32)33,22-9-4-3-5-10-22)15-16-30-17-19-31(20-18-30)24-12-8-11-23(29)21-24/h3-14,21H,2,15-20,29H2,1H3. The number of hydrogen-bond donors (Lipinski definition) is 1. The van der Waals surface area contributed by atoms with Gasteiger partial charge in [-0.2, -0.15) is 0 Å². The van der Waals surface area contributed by atoms with E-state index in [2.05, 4.69) is 53.1 Å². The number of para-hydroxylation sites is 1. The molecule has 2 N–H and O–H groups in total. The number of fused-ring (bicyclic) bond motifs is 1. The summed E-state index contributed by atoms with van der Waals surface area (Å²) in [5, 5.41) is 0. The van der Waals surface area contributed by atoms with E-state index < -0.39 is 5.41 Å². The summed E-state index contributed by atoms with van der Waals surface area (Å²) < 4.78 is 0. The van der Waals surface area contributed by atoms with Gasteiger partial charge < -0.3 is 15.5 Å². The summed E-state index contributed by atoms with van der Waals surface area (Å²) in [4.78, 5) is 20.8. The van der Waals surface area contributed by atoms with Crippen molar-refractivity contribution in [1.29, 1.82) is 0 Å². The molecule has 0 aliphatic carbocycles. The maximum Gasteiger partial charge on any atom is 0.242 e. The number of benzene rings is 3. The van der Waals surface area contributed by atoms with Crippen molar-refractivity contribution in [2.75, 3.05) is 54.8 Å². The molecule has 5 nitrogen and oxygen atoms in total. The van der Waals surface area contributed by atoms with Gasteiger partial charge in [0.25, 0.3) is 0 Å². The third-order valence-corrected chi connectivity index (χ3v) is 7.26. The van der Waals surface area contributed by atoms with Crippen molar-refractivity contribution in [3.63, 3.8) is 0 Å². The fourth-order valence-electron chi connectivity index (χ4n) is 5.50. The van der Waals surface area contributed by atoms with Gasteiger partial charge in [0, 0.05) is 49.8 Å². The molecule has 2 aliphatic heterocycles. The van der Waals surface area contributed by atoms with Gasteiger partial charge in [-0.05, 0) is 55.3 Å². The zero-order chi connectivity index (χ0) is 22.8. The predicted octanol–water partition coefficient (Wildman–Crippen LogP) is 4.13. The quantitative estimate of drug-likeness (QED) is 0.586. The van der Waals surface area contributed by atoms with Gasteiger partial charge in [-0.3, -0.25) is 9.69 Å². The molecule has 33 heavy (non-hydrogen) atoms. The summed E-state index contributed by atoms with van der Waals surface area (Å²) in [5.74, 6) is 0.204. The zero-order valence-electron chi connectivity index (χ0n) is 19.3. The molecule has 0 radical (unpaired) electrons. The summed E-state index contributed by atoms with van der Waals surface area (Å²) in [5.41, 5.74) is 10.6. The van der Waals surface area contributed by atoms with E-state index in [1.165, 1.54) is 5.69 Å². The first-order valence-corrected chi connectivity index (χ1v) is 11.9. The van der Waals surface area contributed by atoms with E-state index in [1.54, 1.807) is 0 Å². The average molecular weight is 441 g/mol. The van der Waals surface area contributed by atoms with Crippen molar-refractivity contribution >= 4 is 23.0 Å². The van der Waals surface area contributed by atoms with Crippen LogP contribution in [0.3, 0.4) is 0 Å². The molecule has 1 atom stereocenters. The van der Waals surface area contributed by atoms with Gasteiger partial charge in [-0.15, -0.1) is 0 Å². The maximum absolute atomic E-state index is 13.9. The minimum Gasteiger partial charge on any atom is -0.399 e. The number of nitrogens with two attached hydrogens (primary N) is 1. The van der Waals surface area contributed by atoms with Crippen LogP contribution in [0.4, 0.5) is 17.1 Å². The maximum atomic E-state index is 13.9. The van der Waals surface area contributed by atoms with Crippen LogP contribution in [-0.4, -0.2) is 50.1 Å². The molecule has 0 bridgehead atoms. The lowest BCUT2D eigenvalue weighted by Gasteiger charge is -2.38. The van der Waals surface area contributed by atoms with Crippen LogP contribution < -0.4 is 15.5 Å². The van der Waals surface area contributed by atoms with Crippen LogP contribution in [-0.2, 0) is 10.2 Å². The molecule has 5 heteroatoms. The molecule has 3 aromatic rings. The highest BCUT2D eigenvalue weighted by molar-refractivity contribution is 6.10. The Hall–Kier alpha value is -3.31. The number of rotatable bonds is 6. The lowest BCUT2D eigenvalue weighted by molar-refractivity contribution is -0.122. The van der Waals surface area contributed by atoms with Crippen LogP contribution in [0.15, 0.2) is 78.9 Å². The van der Waals surface area contributed by atoms with Gasteiger partial charge in [-0.25, -0.2) is 0 Å². The predicted molar refractivity (Wildman–Crippen MR) is 136 cm³/mol. The molecule has 1 saturated heterocycles. The van der Waals surface area contributed by atoms with E-state index >= 15 is 0 Å². The largest absolute Gasteiger partial charge is 0.399 e. The fraction of sp³-hybridized carbons (Fsp3) is 0.321. The molecular weight excluding hydrogens is 408 g/mol. The summed E-state index contributed by atoms with van der Waals surface area (Å²) in [6.07, 6.45) is 0.779. The van der Waals surface area contributed by atoms with E-state index in [9.17, 15) is 4.79 Å². The Bertz CT molecular complexity index is 1120. The smallest absolute Gasteiger partial charge is 0.242 e. The number of amides is 1. The molecule has 0 saturated carbocycles. The lowest BCUT2D eigenvalue weighted by Crippen LogP contribution is -2.49. The van der Waals surface area contributed by atoms with Crippen molar-refractivity contribution in [3.8, 4) is 0 Å². The number of nitrogen functional groups attached to an aromatic ring is 1. The van der Waals surface area contributed by atoms with E-state index in [1.807, 2.05) is 47.4 Å². The Labute approximate surface area is 196 Å². The number of piperazine rings is 1. The molecule has 170 valence electrons. The lowest BCUT2D eigenvalue weighted by atomic mass is 9.72. The summed E-state index contributed by atoms with van der Waals surface area (Å²) >= 11 is 0. The molecule has 1 unspecified atom stereocenters. The summed E-state index contributed by atoms with van der Waals surface area (Å²) in [7, 11) is 0. The van der Waals surface area contributed by atoms with Gasteiger partial charge >= 0.3 is 0 Å². The van der Waals surface area contributed by atoms with Gasteiger partial charge in [0.2, 0.25) is 5.91 Å².